The summed E-state index contributed by atoms with van der Waals surface area (Å²) in [6, 6.07) is -0.152. The average Bonchev–Trinajstić information content (AvgIpc) is 2.72. The van der Waals surface area contributed by atoms with Gasteiger partial charge in [-0.25, -0.2) is 8.42 Å². The molecule has 1 atom stereocenters. The van der Waals surface area contributed by atoms with E-state index < -0.39 is 9.84 Å². The third-order valence-electron chi connectivity index (χ3n) is 2.62. The topological polar surface area (TPSA) is 94.1 Å². The highest BCUT2D eigenvalue weighted by molar-refractivity contribution is 7.91. The molecule has 0 unspecified atom stereocenters. The lowest BCUT2D eigenvalue weighted by Gasteiger charge is -2.14. The molecule has 1 rings (SSSR count). The second-order valence-corrected chi connectivity index (χ2v) is 6.93. The van der Waals surface area contributed by atoms with Gasteiger partial charge in [0.05, 0.1) is 44.5 Å². The Kier molecular flexibility index (Phi) is 8.31. The van der Waals surface area contributed by atoms with Crippen molar-refractivity contribution in [3.8, 4) is 0 Å². The monoisotopic (exact) mass is 327 g/mol. The predicted molar refractivity (Wildman–Crippen MR) is 77.5 cm³/mol. The summed E-state index contributed by atoms with van der Waals surface area (Å²) in [5, 5.41) is 11.5. The summed E-state index contributed by atoms with van der Waals surface area (Å²) in [6.07, 6.45) is 0.560. The van der Waals surface area contributed by atoms with Crippen LogP contribution < -0.4 is 5.32 Å². The van der Waals surface area contributed by atoms with Gasteiger partial charge in [0.15, 0.2) is 9.84 Å². The molecule has 0 radical (unpaired) electrons. The molecule has 0 aromatic rings. The van der Waals surface area contributed by atoms with Crippen molar-refractivity contribution in [2.75, 3.05) is 51.1 Å². The first-order valence-electron chi connectivity index (χ1n) is 6.43. The standard InChI is InChI=1S/C11H21NO6S2/c13-2-3-16-4-5-17-6-7-18-11(19)12-10-1-8-20(14,15)9-10/h10,13H,1-9H2,(H,12,19)/t10-/m1/s1. The number of nitrogens with one attached hydrogen (secondary N) is 1. The molecule has 1 heterocycles. The first kappa shape index (κ1) is 17.6. The lowest BCUT2D eigenvalue weighted by atomic mass is 10.3. The number of sulfone groups is 1. The molecule has 9 heteroatoms. The third-order valence-corrected chi connectivity index (χ3v) is 4.63. The highest BCUT2D eigenvalue weighted by Gasteiger charge is 2.28. The van der Waals surface area contributed by atoms with Gasteiger partial charge in [-0.2, -0.15) is 0 Å². The second-order valence-electron chi connectivity index (χ2n) is 4.33. The van der Waals surface area contributed by atoms with Crippen LogP contribution in [0.1, 0.15) is 6.42 Å². The van der Waals surface area contributed by atoms with Crippen LogP contribution in [0.25, 0.3) is 0 Å². The molecule has 2 N–H and O–H groups in total. The van der Waals surface area contributed by atoms with Gasteiger partial charge in [-0.1, -0.05) is 0 Å². The number of ether oxygens (including phenoxy) is 3. The Morgan fingerprint density at radius 3 is 2.45 bits per heavy atom. The number of aliphatic hydroxyl groups excluding tert-OH is 1. The quantitative estimate of drug-likeness (QED) is 0.415. The molecule has 0 aromatic carbocycles. The first-order valence-corrected chi connectivity index (χ1v) is 8.66. The van der Waals surface area contributed by atoms with Gasteiger partial charge in [0.25, 0.3) is 5.17 Å². The van der Waals surface area contributed by atoms with E-state index in [0.717, 1.165) is 0 Å². The van der Waals surface area contributed by atoms with Crippen LogP contribution in [-0.2, 0) is 24.0 Å². The highest BCUT2D eigenvalue weighted by atomic mass is 32.2. The van der Waals surface area contributed by atoms with Gasteiger partial charge >= 0.3 is 0 Å². The van der Waals surface area contributed by atoms with Gasteiger partial charge in [0.2, 0.25) is 0 Å². The number of hydrogen-bond acceptors (Lipinski definition) is 7. The molecule has 0 aromatic heterocycles. The van der Waals surface area contributed by atoms with Crippen LogP contribution in [0, 0.1) is 0 Å². The fourth-order valence-electron chi connectivity index (χ4n) is 1.70. The average molecular weight is 327 g/mol. The van der Waals surface area contributed by atoms with Crippen molar-refractivity contribution in [2.45, 2.75) is 12.5 Å². The molecular formula is C11H21NO6S2. The molecule has 0 spiro atoms. The molecule has 7 nitrogen and oxygen atoms in total. The van der Waals surface area contributed by atoms with E-state index >= 15 is 0 Å². The van der Waals surface area contributed by atoms with Crippen molar-refractivity contribution in [3.63, 3.8) is 0 Å². The highest BCUT2D eigenvalue weighted by Crippen LogP contribution is 2.11. The van der Waals surface area contributed by atoms with Gasteiger partial charge < -0.3 is 24.6 Å². The summed E-state index contributed by atoms with van der Waals surface area (Å²) in [5.74, 6) is 0.305. The molecule has 0 saturated carbocycles. The van der Waals surface area contributed by atoms with E-state index in [9.17, 15) is 8.42 Å². The normalized spacial score (nSPS) is 20.8. The van der Waals surface area contributed by atoms with E-state index in [4.69, 9.17) is 31.5 Å². The minimum Gasteiger partial charge on any atom is -0.469 e. The van der Waals surface area contributed by atoms with Gasteiger partial charge in [0.1, 0.15) is 6.61 Å². The van der Waals surface area contributed by atoms with Crippen LogP contribution in [0.3, 0.4) is 0 Å². The minimum atomic E-state index is -2.92. The summed E-state index contributed by atoms with van der Waals surface area (Å²) in [4.78, 5) is 0. The summed E-state index contributed by atoms with van der Waals surface area (Å²) < 4.78 is 38.0. The number of rotatable bonds is 9. The van der Waals surface area contributed by atoms with E-state index in [2.05, 4.69) is 5.32 Å². The van der Waals surface area contributed by atoms with Gasteiger partial charge in [-0.3, -0.25) is 0 Å². The van der Waals surface area contributed by atoms with Crippen molar-refractivity contribution in [2.24, 2.45) is 0 Å². The zero-order valence-corrected chi connectivity index (χ0v) is 12.9. The number of thiocarbonyl (C=S) groups is 1. The zero-order valence-electron chi connectivity index (χ0n) is 11.2. The van der Waals surface area contributed by atoms with Gasteiger partial charge in [-0.05, 0) is 18.6 Å². The molecule has 0 amide bonds. The van der Waals surface area contributed by atoms with Crippen LogP contribution >= 0.6 is 12.2 Å². The fourth-order valence-corrected chi connectivity index (χ4v) is 3.62. The Hall–Kier alpha value is -0.480. The minimum absolute atomic E-state index is 0.0000619. The summed E-state index contributed by atoms with van der Waals surface area (Å²) in [7, 11) is -2.92. The van der Waals surface area contributed by atoms with Crippen molar-refractivity contribution in [3.05, 3.63) is 0 Å². The summed E-state index contributed by atoms with van der Waals surface area (Å²) in [5.41, 5.74) is 0. The van der Waals surface area contributed by atoms with Crippen LogP contribution in [0.4, 0.5) is 0 Å². The smallest absolute Gasteiger partial charge is 0.256 e. The van der Waals surface area contributed by atoms with E-state index in [1.165, 1.54) is 0 Å². The van der Waals surface area contributed by atoms with Crippen LogP contribution in [0.2, 0.25) is 0 Å². The molecular weight excluding hydrogens is 306 g/mol. The van der Waals surface area contributed by atoms with Crippen molar-refractivity contribution < 1.29 is 27.7 Å². The van der Waals surface area contributed by atoms with E-state index in [-0.39, 0.29) is 29.3 Å². The van der Waals surface area contributed by atoms with Crippen LogP contribution in [-0.4, -0.2) is 75.9 Å². The van der Waals surface area contributed by atoms with Crippen LogP contribution in [0.15, 0.2) is 0 Å². The molecule has 20 heavy (non-hydrogen) atoms. The Labute approximate surface area is 124 Å². The van der Waals surface area contributed by atoms with Gasteiger partial charge in [0, 0.05) is 6.04 Å². The van der Waals surface area contributed by atoms with E-state index in [0.29, 0.717) is 39.5 Å². The van der Waals surface area contributed by atoms with Gasteiger partial charge in [-0.15, -0.1) is 0 Å². The maximum atomic E-state index is 11.3. The Balaban J connectivity index is 1.96. The Morgan fingerprint density at radius 2 is 1.85 bits per heavy atom. The molecule has 1 saturated heterocycles. The van der Waals surface area contributed by atoms with Crippen molar-refractivity contribution in [1.82, 2.24) is 5.32 Å². The molecule has 0 aliphatic carbocycles. The zero-order chi connectivity index (χ0) is 14.8. The molecule has 1 aliphatic heterocycles. The lowest BCUT2D eigenvalue weighted by Crippen LogP contribution is -2.36. The van der Waals surface area contributed by atoms with E-state index in [1.54, 1.807) is 0 Å². The Morgan fingerprint density at radius 1 is 1.20 bits per heavy atom. The van der Waals surface area contributed by atoms with Crippen molar-refractivity contribution in [1.29, 1.82) is 0 Å². The second kappa shape index (κ2) is 9.46. The predicted octanol–water partition coefficient (Wildman–Crippen LogP) is -0.910. The molecule has 1 aliphatic rings. The maximum absolute atomic E-state index is 11.3. The molecule has 118 valence electrons. The lowest BCUT2D eigenvalue weighted by molar-refractivity contribution is 0.0234. The molecule has 1 fully saturated rings. The SMILES string of the molecule is O=S1(=O)CC[C@@H](NC(=S)OCCOCCOCCO)C1. The number of aliphatic hydroxyl groups is 1. The summed E-state index contributed by atoms with van der Waals surface area (Å²) >= 11 is 4.96. The molecule has 0 bridgehead atoms. The summed E-state index contributed by atoms with van der Waals surface area (Å²) in [6.45, 7) is 1.81. The van der Waals surface area contributed by atoms with E-state index in [1.807, 2.05) is 0 Å². The Bertz CT molecular complexity index is 386. The fraction of sp³-hybridized carbons (Fsp3) is 0.909. The largest absolute Gasteiger partial charge is 0.469 e. The first-order chi connectivity index (χ1) is 9.53. The maximum Gasteiger partial charge on any atom is 0.256 e. The number of hydrogen-bond donors (Lipinski definition) is 2. The van der Waals surface area contributed by atoms with Crippen molar-refractivity contribution >= 4 is 27.2 Å². The van der Waals surface area contributed by atoms with Crippen LogP contribution in [0.5, 0.6) is 0 Å². The third kappa shape index (κ3) is 7.95.